The second-order valence-electron chi connectivity index (χ2n) is 7.24. The van der Waals surface area contributed by atoms with Crippen LogP contribution in [0.1, 0.15) is 37.2 Å². The molecule has 0 atom stereocenters. The number of aromatic nitrogens is 3. The minimum Gasteiger partial charge on any atom is -0.461 e. The van der Waals surface area contributed by atoms with E-state index < -0.39 is 5.97 Å². The number of carbonyl (C=O) groups is 1. The van der Waals surface area contributed by atoms with Gasteiger partial charge in [0, 0.05) is 17.6 Å². The van der Waals surface area contributed by atoms with Gasteiger partial charge in [-0.05, 0) is 31.0 Å². The van der Waals surface area contributed by atoms with Gasteiger partial charge in [-0.3, -0.25) is 4.57 Å². The van der Waals surface area contributed by atoms with Crippen molar-refractivity contribution in [2.45, 2.75) is 33.2 Å². The third-order valence-electron chi connectivity index (χ3n) is 5.03. The maximum atomic E-state index is 12.7. The second-order valence-corrected chi connectivity index (χ2v) is 8.07. The van der Waals surface area contributed by atoms with Crippen molar-refractivity contribution in [3.05, 3.63) is 82.9 Å². The van der Waals surface area contributed by atoms with Gasteiger partial charge in [-0.15, -0.1) is 11.3 Å². The van der Waals surface area contributed by atoms with Crippen LogP contribution in [-0.4, -0.2) is 26.7 Å². The van der Waals surface area contributed by atoms with E-state index >= 15 is 0 Å². The summed E-state index contributed by atoms with van der Waals surface area (Å²) in [5.41, 5.74) is 3.51. The molecular formula is C25H26N4O2S. The van der Waals surface area contributed by atoms with Crippen molar-refractivity contribution in [3.63, 3.8) is 0 Å². The van der Waals surface area contributed by atoms with Crippen molar-refractivity contribution in [1.82, 2.24) is 14.1 Å². The fraction of sp³-hybridized carbons (Fsp3) is 0.240. The Morgan fingerprint density at radius 3 is 2.47 bits per heavy atom. The van der Waals surface area contributed by atoms with Gasteiger partial charge in [0.05, 0.1) is 18.6 Å². The number of benzene rings is 2. The number of esters is 1. The fourth-order valence-electron chi connectivity index (χ4n) is 3.48. The summed E-state index contributed by atoms with van der Waals surface area (Å²) in [5.74, 6) is -0.0170. The number of carbonyl (C=O) groups excluding carboxylic acids is 1. The van der Waals surface area contributed by atoms with E-state index in [1.165, 1.54) is 11.3 Å². The van der Waals surface area contributed by atoms with Crippen LogP contribution in [0.5, 0.6) is 0 Å². The summed E-state index contributed by atoms with van der Waals surface area (Å²) < 4.78 is 9.25. The summed E-state index contributed by atoms with van der Waals surface area (Å²) in [5, 5.41) is 2.08. The van der Waals surface area contributed by atoms with E-state index in [-0.39, 0.29) is 0 Å². The first kappa shape index (κ1) is 21.8. The van der Waals surface area contributed by atoms with E-state index in [0.717, 1.165) is 34.6 Å². The normalized spacial score (nSPS) is 11.6. The molecule has 0 fully saturated rings. The van der Waals surface area contributed by atoms with E-state index in [9.17, 15) is 4.79 Å². The summed E-state index contributed by atoms with van der Waals surface area (Å²) in [6, 6.07) is 20.3. The van der Waals surface area contributed by atoms with Crippen LogP contribution in [0.2, 0.25) is 0 Å². The van der Waals surface area contributed by atoms with Crippen molar-refractivity contribution >= 4 is 23.1 Å². The molecule has 2 aromatic carbocycles. The van der Waals surface area contributed by atoms with Crippen LogP contribution in [0, 0.1) is 0 Å². The van der Waals surface area contributed by atoms with Crippen molar-refractivity contribution in [1.29, 1.82) is 0 Å². The van der Waals surface area contributed by atoms with E-state index in [0.29, 0.717) is 24.7 Å². The van der Waals surface area contributed by atoms with Crippen LogP contribution >= 0.6 is 11.3 Å². The van der Waals surface area contributed by atoms with E-state index in [1.54, 1.807) is 13.3 Å². The molecule has 0 aliphatic rings. The number of imidazole rings is 1. The van der Waals surface area contributed by atoms with Gasteiger partial charge in [-0.25, -0.2) is 9.78 Å². The zero-order valence-electron chi connectivity index (χ0n) is 18.3. The third kappa shape index (κ3) is 4.57. The molecule has 7 heteroatoms. The Bertz CT molecular complexity index is 1240. The van der Waals surface area contributed by atoms with Gasteiger partial charge in [0.2, 0.25) is 0 Å². The molecule has 2 aromatic heterocycles. The van der Waals surface area contributed by atoms with E-state index in [1.807, 2.05) is 53.1 Å². The Hall–Kier alpha value is -3.45. The topological polar surface area (TPSA) is 61.4 Å². The maximum Gasteiger partial charge on any atom is 0.358 e. The summed E-state index contributed by atoms with van der Waals surface area (Å²) >= 11 is 1.52. The van der Waals surface area contributed by atoms with Crippen LogP contribution < -0.4 is 4.80 Å². The Balaban J connectivity index is 1.89. The highest BCUT2D eigenvalue weighted by atomic mass is 32.1. The molecule has 4 rings (SSSR count). The van der Waals surface area contributed by atoms with Gasteiger partial charge in [-0.1, -0.05) is 61.9 Å². The molecule has 0 saturated carbocycles. The number of hydrogen-bond acceptors (Lipinski definition) is 5. The number of rotatable bonds is 8. The molecule has 0 amide bonds. The zero-order chi connectivity index (χ0) is 22.3. The first-order valence-electron chi connectivity index (χ1n) is 10.8. The van der Waals surface area contributed by atoms with Gasteiger partial charge in [0.1, 0.15) is 0 Å². The van der Waals surface area contributed by atoms with Crippen molar-refractivity contribution in [3.8, 4) is 16.9 Å². The minimum absolute atomic E-state index is 0.304. The van der Waals surface area contributed by atoms with E-state index in [2.05, 4.69) is 34.0 Å². The fourth-order valence-corrected chi connectivity index (χ4v) is 4.38. The monoisotopic (exact) mass is 446 g/mol. The molecule has 0 aliphatic heterocycles. The molecule has 0 aliphatic carbocycles. The summed E-state index contributed by atoms with van der Waals surface area (Å²) in [7, 11) is 0. The highest BCUT2D eigenvalue weighted by Gasteiger charge is 2.20. The lowest BCUT2D eigenvalue weighted by Gasteiger charge is -2.09. The molecule has 164 valence electrons. The molecule has 6 nitrogen and oxygen atoms in total. The molecule has 0 unspecified atom stereocenters. The quantitative estimate of drug-likeness (QED) is 0.331. The van der Waals surface area contributed by atoms with Crippen molar-refractivity contribution < 1.29 is 9.53 Å². The van der Waals surface area contributed by atoms with Crippen LogP contribution in [0.15, 0.2) is 77.4 Å². The van der Waals surface area contributed by atoms with Crippen LogP contribution in [-0.2, 0) is 11.3 Å². The molecule has 0 radical (unpaired) electrons. The smallest absolute Gasteiger partial charge is 0.358 e. The van der Waals surface area contributed by atoms with Crippen LogP contribution in [0.3, 0.4) is 0 Å². The number of ether oxygens (including phenoxy) is 1. The largest absolute Gasteiger partial charge is 0.461 e. The maximum absolute atomic E-state index is 12.7. The Labute approximate surface area is 191 Å². The van der Waals surface area contributed by atoms with Gasteiger partial charge < -0.3 is 9.30 Å². The number of unbranched alkanes of at least 4 members (excludes halogenated alkanes) is 1. The van der Waals surface area contributed by atoms with Gasteiger partial charge in [-0.2, -0.15) is 4.99 Å². The average molecular weight is 447 g/mol. The molecule has 0 bridgehead atoms. The number of aryl methyl sites for hydroxylation is 1. The van der Waals surface area contributed by atoms with Crippen molar-refractivity contribution in [2.24, 2.45) is 4.99 Å². The molecule has 2 heterocycles. The summed E-state index contributed by atoms with van der Waals surface area (Å²) in [6.45, 7) is 4.92. The molecule has 0 saturated heterocycles. The first-order chi connectivity index (χ1) is 15.7. The Morgan fingerprint density at radius 2 is 1.78 bits per heavy atom. The van der Waals surface area contributed by atoms with E-state index in [4.69, 9.17) is 9.73 Å². The van der Waals surface area contributed by atoms with Gasteiger partial charge >= 0.3 is 5.97 Å². The highest BCUT2D eigenvalue weighted by Crippen LogP contribution is 2.25. The lowest BCUT2D eigenvalue weighted by Crippen LogP contribution is -2.15. The minimum atomic E-state index is -0.397. The lowest BCUT2D eigenvalue weighted by atomic mass is 10.1. The predicted octanol–water partition coefficient (Wildman–Crippen LogP) is 5.61. The standard InChI is InChI=1S/C25H26N4O2S/c1-3-5-16-28-18-26-23(22(28)24(30)31-4-2)27-25-29(20-14-10-7-11-15-20)21(17-32-25)19-12-8-6-9-13-19/h6-15,17-18H,3-5,16H2,1-2H3. The predicted molar refractivity (Wildman–Crippen MR) is 127 cm³/mol. The van der Waals surface area contributed by atoms with Crippen LogP contribution in [0.25, 0.3) is 16.9 Å². The highest BCUT2D eigenvalue weighted by molar-refractivity contribution is 7.07. The summed E-state index contributed by atoms with van der Waals surface area (Å²) in [6.07, 6.45) is 3.65. The second kappa shape index (κ2) is 10.2. The summed E-state index contributed by atoms with van der Waals surface area (Å²) in [4.78, 5) is 22.8. The lowest BCUT2D eigenvalue weighted by molar-refractivity contribution is 0.0514. The zero-order valence-corrected chi connectivity index (χ0v) is 19.1. The first-order valence-corrected chi connectivity index (χ1v) is 11.7. The number of hydrogen-bond donors (Lipinski definition) is 0. The average Bonchev–Trinajstić information content (AvgIpc) is 3.43. The molecule has 0 N–H and O–H groups in total. The number of nitrogens with zero attached hydrogens (tertiary/aromatic N) is 4. The van der Waals surface area contributed by atoms with Crippen LogP contribution in [0.4, 0.5) is 5.82 Å². The Kier molecular flexibility index (Phi) is 6.97. The number of para-hydroxylation sites is 1. The van der Waals surface area contributed by atoms with Crippen molar-refractivity contribution in [2.75, 3.05) is 6.61 Å². The molecule has 0 spiro atoms. The van der Waals surface area contributed by atoms with Gasteiger partial charge in [0.25, 0.3) is 0 Å². The SMILES string of the molecule is CCCCn1cnc(N=c2scc(-c3ccccc3)n2-c2ccccc2)c1C(=O)OCC. The molecule has 4 aromatic rings. The number of thiazole rings is 1. The molecule has 32 heavy (non-hydrogen) atoms. The molecular weight excluding hydrogens is 420 g/mol. The van der Waals surface area contributed by atoms with Gasteiger partial charge in [0.15, 0.2) is 16.3 Å². The third-order valence-corrected chi connectivity index (χ3v) is 5.86. The Morgan fingerprint density at radius 1 is 1.06 bits per heavy atom.